The van der Waals surface area contributed by atoms with Gasteiger partial charge in [-0.05, 0) is 109 Å². The molecule has 0 radical (unpaired) electrons. The summed E-state index contributed by atoms with van der Waals surface area (Å²) >= 11 is 0. The molecule has 28 heavy (non-hydrogen) atoms. The van der Waals surface area contributed by atoms with E-state index in [2.05, 4.69) is 41.2 Å². The van der Waals surface area contributed by atoms with Crippen LogP contribution in [0.4, 0.5) is 0 Å². The molecule has 1 spiro atoms. The Morgan fingerprint density at radius 3 is 2.46 bits per heavy atom. The molecule has 5 aliphatic rings. The van der Waals surface area contributed by atoms with E-state index in [0.29, 0.717) is 16.2 Å². The molecule has 0 aliphatic heterocycles. The van der Waals surface area contributed by atoms with Crippen LogP contribution in [0.5, 0.6) is 0 Å². The summed E-state index contributed by atoms with van der Waals surface area (Å²) in [5.41, 5.74) is 3.50. The Morgan fingerprint density at radius 2 is 1.75 bits per heavy atom. The minimum absolute atomic E-state index is 0.578. The van der Waals surface area contributed by atoms with Crippen LogP contribution in [0.3, 0.4) is 0 Å². The highest BCUT2D eigenvalue weighted by Gasteiger charge is 2.74. The van der Waals surface area contributed by atoms with Crippen LogP contribution in [0.25, 0.3) is 0 Å². The molecule has 0 N–H and O–H groups in total. The molecule has 0 saturated heterocycles. The fourth-order valence-corrected chi connectivity index (χ4v) is 10.5. The van der Waals surface area contributed by atoms with Crippen LogP contribution in [0, 0.1) is 57.7 Å². The van der Waals surface area contributed by atoms with E-state index in [0.717, 1.165) is 41.4 Å². The van der Waals surface area contributed by atoms with Gasteiger partial charge in [-0.2, -0.15) is 0 Å². The van der Waals surface area contributed by atoms with Crippen molar-refractivity contribution in [2.75, 3.05) is 0 Å². The van der Waals surface area contributed by atoms with Gasteiger partial charge in [-0.1, -0.05) is 66.0 Å². The first-order valence-electron chi connectivity index (χ1n) is 12.9. The SMILES string of the molecule is C=C1C[C@H]2CC[C@]3(C)[C@H]4CC[C@]5(C)[C@@H]([C@H](C)CCCC(C)C)CC[C@H]5[C@@H]4C[C@]123. The molecule has 0 bridgehead atoms. The first-order chi connectivity index (χ1) is 13.2. The number of rotatable bonds is 5. The Labute approximate surface area is 175 Å². The standard InChI is InChI=1S/C28H46/c1-18(2)8-7-9-19(3)23-10-11-24-22-17-28-20(4)16-21(28)12-15-27(28,6)25(22)13-14-26(23,24)5/h18-19,21-25H,4,7-17H2,1-3,5-6H3/t19-,21-,22+,23-,24+,25+,26-,27-,28+/m1/s1. The number of hydrogen-bond acceptors (Lipinski definition) is 0. The zero-order chi connectivity index (χ0) is 19.9. The molecule has 0 aromatic carbocycles. The summed E-state index contributed by atoms with van der Waals surface area (Å²) in [6.07, 6.45) is 16.4. The van der Waals surface area contributed by atoms with Crippen molar-refractivity contribution in [3.05, 3.63) is 12.2 Å². The average Bonchev–Trinajstić information content (AvgIpc) is 3.19. The zero-order valence-corrected chi connectivity index (χ0v) is 19.5. The monoisotopic (exact) mass is 382 g/mol. The first-order valence-corrected chi connectivity index (χ1v) is 12.9. The third-order valence-corrected chi connectivity index (χ3v) is 11.9. The average molecular weight is 383 g/mol. The van der Waals surface area contributed by atoms with Crippen molar-refractivity contribution in [3.8, 4) is 0 Å². The summed E-state index contributed by atoms with van der Waals surface area (Å²) in [5.74, 6) is 6.88. The molecule has 0 aromatic heterocycles. The highest BCUT2D eigenvalue weighted by Crippen LogP contribution is 2.82. The smallest absolute Gasteiger partial charge is 0.00000736 e. The molecule has 5 rings (SSSR count). The maximum absolute atomic E-state index is 4.63. The van der Waals surface area contributed by atoms with Crippen molar-refractivity contribution < 1.29 is 0 Å². The third-order valence-electron chi connectivity index (χ3n) is 11.9. The van der Waals surface area contributed by atoms with E-state index in [-0.39, 0.29) is 0 Å². The summed E-state index contributed by atoms with van der Waals surface area (Å²) in [6.45, 7) is 17.5. The van der Waals surface area contributed by atoms with Gasteiger partial charge in [0, 0.05) is 0 Å². The van der Waals surface area contributed by atoms with Gasteiger partial charge in [0.2, 0.25) is 0 Å². The van der Waals surface area contributed by atoms with Gasteiger partial charge >= 0.3 is 0 Å². The second-order valence-electron chi connectivity index (χ2n) is 13.0. The highest BCUT2D eigenvalue weighted by atomic mass is 14.8. The van der Waals surface area contributed by atoms with Gasteiger partial charge in [0.05, 0.1) is 0 Å². The summed E-state index contributed by atoms with van der Waals surface area (Å²) in [5, 5.41) is 0. The van der Waals surface area contributed by atoms with Crippen molar-refractivity contribution in [1.29, 1.82) is 0 Å². The van der Waals surface area contributed by atoms with Crippen LogP contribution in [0.2, 0.25) is 0 Å². The fourth-order valence-electron chi connectivity index (χ4n) is 10.5. The maximum Gasteiger partial charge on any atom is -0.00000736 e. The van der Waals surface area contributed by atoms with E-state index < -0.39 is 0 Å². The van der Waals surface area contributed by atoms with Crippen LogP contribution < -0.4 is 0 Å². The van der Waals surface area contributed by atoms with Crippen molar-refractivity contribution >= 4 is 0 Å². The number of allylic oxidation sites excluding steroid dienone is 1. The van der Waals surface area contributed by atoms with Crippen LogP contribution in [-0.2, 0) is 0 Å². The lowest BCUT2D eigenvalue weighted by Gasteiger charge is -2.54. The minimum Gasteiger partial charge on any atom is -0.0993 e. The number of fused-ring (bicyclic) bond motifs is 4. The Kier molecular flexibility index (Phi) is 4.48. The topological polar surface area (TPSA) is 0 Å². The molecule has 5 fully saturated rings. The quantitative estimate of drug-likeness (QED) is 0.420. The lowest BCUT2D eigenvalue weighted by molar-refractivity contribution is -0.0223. The van der Waals surface area contributed by atoms with Gasteiger partial charge in [-0.3, -0.25) is 0 Å². The van der Waals surface area contributed by atoms with Crippen molar-refractivity contribution in [2.45, 2.75) is 105 Å². The highest BCUT2D eigenvalue weighted by molar-refractivity contribution is 5.36. The van der Waals surface area contributed by atoms with Crippen LogP contribution in [0.1, 0.15) is 105 Å². The molecule has 0 aromatic rings. The minimum atomic E-state index is 0.578. The van der Waals surface area contributed by atoms with Gasteiger partial charge in [0.25, 0.3) is 0 Å². The van der Waals surface area contributed by atoms with Crippen molar-refractivity contribution in [1.82, 2.24) is 0 Å². The van der Waals surface area contributed by atoms with E-state index in [9.17, 15) is 0 Å². The third kappa shape index (κ3) is 2.30. The predicted octanol–water partition coefficient (Wildman–Crippen LogP) is 8.27. The van der Waals surface area contributed by atoms with Crippen LogP contribution in [-0.4, -0.2) is 0 Å². The van der Waals surface area contributed by atoms with Crippen molar-refractivity contribution in [2.24, 2.45) is 57.7 Å². The molecule has 0 amide bonds. The second-order valence-corrected chi connectivity index (χ2v) is 13.0. The van der Waals surface area contributed by atoms with E-state index >= 15 is 0 Å². The lowest BCUT2D eigenvalue weighted by atomic mass is 9.50. The molecule has 158 valence electrons. The van der Waals surface area contributed by atoms with Crippen LogP contribution >= 0.6 is 0 Å². The zero-order valence-electron chi connectivity index (χ0n) is 19.5. The maximum atomic E-state index is 4.63. The van der Waals surface area contributed by atoms with Gasteiger partial charge in [-0.25, -0.2) is 0 Å². The molecular weight excluding hydrogens is 336 g/mol. The molecule has 0 heteroatoms. The summed E-state index contributed by atoms with van der Waals surface area (Å²) in [6, 6.07) is 0. The lowest BCUT2D eigenvalue weighted by Crippen LogP contribution is -2.47. The van der Waals surface area contributed by atoms with E-state index in [1.54, 1.807) is 12.0 Å². The largest absolute Gasteiger partial charge is 0.0993 e. The molecule has 0 unspecified atom stereocenters. The molecule has 9 atom stereocenters. The normalized spacial score (nSPS) is 52.8. The number of hydrogen-bond donors (Lipinski definition) is 0. The Bertz CT molecular complexity index is 644. The van der Waals surface area contributed by atoms with Gasteiger partial charge in [-0.15, -0.1) is 0 Å². The summed E-state index contributed by atoms with van der Waals surface area (Å²) in [7, 11) is 0. The van der Waals surface area contributed by atoms with Gasteiger partial charge in [0.15, 0.2) is 0 Å². The molecule has 5 saturated carbocycles. The Balaban J connectivity index is 1.35. The van der Waals surface area contributed by atoms with Gasteiger partial charge < -0.3 is 0 Å². The molecule has 5 aliphatic carbocycles. The van der Waals surface area contributed by atoms with E-state index in [1.165, 1.54) is 64.2 Å². The van der Waals surface area contributed by atoms with Crippen molar-refractivity contribution in [3.63, 3.8) is 0 Å². The molecule has 0 heterocycles. The summed E-state index contributed by atoms with van der Waals surface area (Å²) in [4.78, 5) is 0. The van der Waals surface area contributed by atoms with E-state index in [1.807, 2.05) is 0 Å². The van der Waals surface area contributed by atoms with Gasteiger partial charge in [0.1, 0.15) is 0 Å². The van der Waals surface area contributed by atoms with E-state index in [4.69, 9.17) is 0 Å². The fraction of sp³-hybridized carbons (Fsp3) is 0.929. The molecular formula is C28H46. The predicted molar refractivity (Wildman–Crippen MR) is 120 cm³/mol. The Hall–Kier alpha value is -0.260. The summed E-state index contributed by atoms with van der Waals surface area (Å²) < 4.78 is 0. The Morgan fingerprint density at radius 1 is 0.964 bits per heavy atom. The first kappa shape index (κ1) is 19.7. The van der Waals surface area contributed by atoms with Crippen LogP contribution in [0.15, 0.2) is 12.2 Å². The molecule has 0 nitrogen and oxygen atoms in total. The second kappa shape index (κ2) is 6.37.